The first-order chi connectivity index (χ1) is 13.1. The second-order valence-electron chi connectivity index (χ2n) is 6.70. The number of hydrogen-bond acceptors (Lipinski definition) is 4. The van der Waals surface area contributed by atoms with E-state index in [0.717, 1.165) is 19.3 Å². The number of rotatable bonds is 5. The van der Waals surface area contributed by atoms with E-state index in [0.29, 0.717) is 32.9 Å². The third kappa shape index (κ3) is 3.71. The number of para-hydroxylation sites is 1. The molecule has 1 heterocycles. The van der Waals surface area contributed by atoms with Gasteiger partial charge in [-0.2, -0.15) is 0 Å². The Balaban J connectivity index is 1.52. The maximum atomic E-state index is 12.7. The molecule has 2 unspecified atom stereocenters. The summed E-state index contributed by atoms with van der Waals surface area (Å²) < 4.78 is 5.79. The van der Waals surface area contributed by atoms with Gasteiger partial charge in [0.15, 0.2) is 0 Å². The molecule has 138 valence electrons. The van der Waals surface area contributed by atoms with Gasteiger partial charge in [-0.15, -0.1) is 11.8 Å². The normalized spacial score (nSPS) is 21.0. The van der Waals surface area contributed by atoms with E-state index < -0.39 is 5.91 Å². The van der Waals surface area contributed by atoms with Gasteiger partial charge in [0.2, 0.25) is 5.91 Å². The number of thioether (sulfide) groups is 1. The van der Waals surface area contributed by atoms with Crippen LogP contribution in [-0.4, -0.2) is 17.1 Å². The number of carbonyl (C=O) groups excluding carboxylic acids is 2. The van der Waals surface area contributed by atoms with E-state index in [4.69, 9.17) is 10.5 Å². The van der Waals surface area contributed by atoms with Crippen molar-refractivity contribution in [3.63, 3.8) is 0 Å². The zero-order valence-electron chi connectivity index (χ0n) is 14.7. The van der Waals surface area contributed by atoms with Crippen molar-refractivity contribution in [2.45, 2.75) is 24.5 Å². The van der Waals surface area contributed by atoms with Crippen LogP contribution in [0.2, 0.25) is 0 Å². The van der Waals surface area contributed by atoms with E-state index in [1.54, 1.807) is 36.0 Å². The van der Waals surface area contributed by atoms with E-state index in [9.17, 15) is 9.59 Å². The first-order valence-electron chi connectivity index (χ1n) is 8.97. The van der Waals surface area contributed by atoms with Gasteiger partial charge in [-0.05, 0) is 43.2 Å². The molecular formula is C21H20N2O3S. The summed E-state index contributed by atoms with van der Waals surface area (Å²) in [6.45, 7) is 0. The number of hydrogen-bond donors (Lipinski definition) is 2. The van der Waals surface area contributed by atoms with Crippen LogP contribution >= 0.6 is 11.8 Å². The number of nitrogens with two attached hydrogens (primary N) is 1. The van der Waals surface area contributed by atoms with Gasteiger partial charge in [0, 0.05) is 16.7 Å². The molecule has 3 N–H and O–H groups in total. The van der Waals surface area contributed by atoms with Crippen molar-refractivity contribution in [1.82, 2.24) is 5.32 Å². The summed E-state index contributed by atoms with van der Waals surface area (Å²) in [4.78, 5) is 24.6. The monoisotopic (exact) mass is 380 g/mol. The third-order valence-corrected chi connectivity index (χ3v) is 6.33. The Labute approximate surface area is 162 Å². The largest absolute Gasteiger partial charge is 0.457 e. The molecule has 6 heteroatoms. The Hall–Kier alpha value is -2.73. The van der Waals surface area contributed by atoms with Crippen molar-refractivity contribution < 1.29 is 14.3 Å². The molecule has 0 aromatic heterocycles. The lowest BCUT2D eigenvalue weighted by molar-refractivity contribution is -0.115. The molecule has 0 bridgehead atoms. The van der Waals surface area contributed by atoms with Crippen molar-refractivity contribution in [3.8, 4) is 11.5 Å². The zero-order valence-corrected chi connectivity index (χ0v) is 15.5. The highest BCUT2D eigenvalue weighted by Crippen LogP contribution is 2.49. The number of nitrogens with one attached hydrogen (secondary N) is 1. The van der Waals surface area contributed by atoms with Crippen LogP contribution in [0, 0.1) is 5.92 Å². The molecule has 2 amide bonds. The van der Waals surface area contributed by atoms with Crippen LogP contribution in [0.3, 0.4) is 0 Å². The second kappa shape index (κ2) is 7.48. The third-order valence-electron chi connectivity index (χ3n) is 4.90. The lowest BCUT2D eigenvalue weighted by atomic mass is 9.98. The average molecular weight is 380 g/mol. The molecule has 2 aromatic carbocycles. The van der Waals surface area contributed by atoms with Crippen LogP contribution in [0.15, 0.2) is 65.2 Å². The van der Waals surface area contributed by atoms with Gasteiger partial charge in [-0.1, -0.05) is 30.7 Å². The summed E-state index contributed by atoms with van der Waals surface area (Å²) in [5.74, 6) is 0.737. The minimum Gasteiger partial charge on any atom is -0.457 e. The van der Waals surface area contributed by atoms with Crippen LogP contribution in [-0.2, 0) is 4.79 Å². The van der Waals surface area contributed by atoms with E-state index in [1.165, 1.54) is 0 Å². The molecule has 1 fully saturated rings. The zero-order chi connectivity index (χ0) is 18.8. The fourth-order valence-corrected chi connectivity index (χ4v) is 5.23. The molecule has 0 saturated heterocycles. The molecule has 2 atom stereocenters. The molecule has 4 rings (SSSR count). The van der Waals surface area contributed by atoms with Crippen molar-refractivity contribution in [3.05, 3.63) is 70.8 Å². The molecule has 1 aliphatic carbocycles. The van der Waals surface area contributed by atoms with E-state index in [1.807, 2.05) is 30.3 Å². The maximum Gasteiger partial charge on any atom is 0.256 e. The predicted octanol–water partition coefficient (Wildman–Crippen LogP) is 3.82. The molecule has 0 spiro atoms. The first kappa shape index (κ1) is 17.7. The van der Waals surface area contributed by atoms with Crippen molar-refractivity contribution in [1.29, 1.82) is 0 Å². The first-order valence-corrected chi connectivity index (χ1v) is 9.85. The molecule has 1 aliphatic heterocycles. The summed E-state index contributed by atoms with van der Waals surface area (Å²) in [6.07, 6.45) is 3.10. The van der Waals surface area contributed by atoms with Crippen molar-refractivity contribution in [2.24, 2.45) is 11.7 Å². The molecule has 0 radical (unpaired) electrons. The summed E-state index contributed by atoms with van der Waals surface area (Å²) in [5, 5.41) is 3.84. The Morgan fingerprint density at radius 1 is 1.04 bits per heavy atom. The van der Waals surface area contributed by atoms with Gasteiger partial charge < -0.3 is 15.8 Å². The van der Waals surface area contributed by atoms with Gasteiger partial charge >= 0.3 is 0 Å². The van der Waals surface area contributed by atoms with Crippen LogP contribution in [0.4, 0.5) is 0 Å². The summed E-state index contributed by atoms with van der Waals surface area (Å²) in [7, 11) is 0. The van der Waals surface area contributed by atoms with Gasteiger partial charge in [-0.25, -0.2) is 0 Å². The minimum atomic E-state index is -0.437. The SMILES string of the molecule is NC(=O)C1=C(NC(=O)c2cccc(Oc3ccccc3)c2)SC2CCCC12. The number of carbonyl (C=O) groups is 2. The van der Waals surface area contributed by atoms with Crippen LogP contribution in [0.5, 0.6) is 11.5 Å². The van der Waals surface area contributed by atoms with E-state index >= 15 is 0 Å². The molecule has 2 aliphatic rings. The number of fused-ring (bicyclic) bond motifs is 1. The maximum absolute atomic E-state index is 12.7. The van der Waals surface area contributed by atoms with E-state index in [2.05, 4.69) is 5.32 Å². The molecule has 2 aromatic rings. The average Bonchev–Trinajstić information content (AvgIpc) is 3.23. The van der Waals surface area contributed by atoms with Crippen molar-refractivity contribution in [2.75, 3.05) is 0 Å². The predicted molar refractivity (Wildman–Crippen MR) is 105 cm³/mol. The topological polar surface area (TPSA) is 81.4 Å². The highest BCUT2D eigenvalue weighted by molar-refractivity contribution is 8.04. The van der Waals surface area contributed by atoms with Gasteiger partial charge in [0.1, 0.15) is 11.5 Å². The molecule has 1 saturated carbocycles. The summed E-state index contributed by atoms with van der Waals surface area (Å²) in [6, 6.07) is 16.4. The quantitative estimate of drug-likeness (QED) is 0.826. The Kier molecular flexibility index (Phi) is 4.90. The Morgan fingerprint density at radius 2 is 1.81 bits per heavy atom. The van der Waals surface area contributed by atoms with Crippen LogP contribution < -0.4 is 15.8 Å². The molecule has 5 nitrogen and oxygen atoms in total. The molecular weight excluding hydrogens is 360 g/mol. The van der Waals surface area contributed by atoms with Gasteiger partial charge in [0.25, 0.3) is 5.91 Å². The number of primary amides is 1. The standard InChI is InChI=1S/C21H20N2O3S/c22-19(24)18-16-10-5-11-17(16)27-21(18)23-20(25)13-6-4-9-15(12-13)26-14-7-2-1-3-8-14/h1-4,6-9,12,16-17H,5,10-11H2,(H2,22,24)(H,23,25). The highest BCUT2D eigenvalue weighted by atomic mass is 32.2. The highest BCUT2D eigenvalue weighted by Gasteiger charge is 2.41. The Bertz CT molecular complexity index is 911. The smallest absolute Gasteiger partial charge is 0.256 e. The number of ether oxygens (including phenoxy) is 1. The van der Waals surface area contributed by atoms with Crippen molar-refractivity contribution >= 4 is 23.6 Å². The lowest BCUT2D eigenvalue weighted by Crippen LogP contribution is -2.26. The Morgan fingerprint density at radius 3 is 2.59 bits per heavy atom. The number of amides is 2. The van der Waals surface area contributed by atoms with Gasteiger partial charge in [-0.3, -0.25) is 9.59 Å². The summed E-state index contributed by atoms with van der Waals surface area (Å²) >= 11 is 1.56. The molecule has 27 heavy (non-hydrogen) atoms. The summed E-state index contributed by atoms with van der Waals surface area (Å²) in [5.41, 5.74) is 6.63. The fraction of sp³-hybridized carbons (Fsp3) is 0.238. The van der Waals surface area contributed by atoms with Gasteiger partial charge in [0.05, 0.1) is 10.6 Å². The van der Waals surface area contributed by atoms with E-state index in [-0.39, 0.29) is 11.8 Å². The minimum absolute atomic E-state index is 0.163. The van der Waals surface area contributed by atoms with Crippen LogP contribution in [0.1, 0.15) is 29.6 Å². The lowest BCUT2D eigenvalue weighted by Gasteiger charge is -2.11. The van der Waals surface area contributed by atoms with Crippen LogP contribution in [0.25, 0.3) is 0 Å². The second-order valence-corrected chi connectivity index (χ2v) is 7.95. The number of benzene rings is 2. The fourth-order valence-electron chi connectivity index (χ4n) is 3.67.